The SMILES string of the molecule is COc1cccc(/C=C/C(=O)N2CCN(C(=O)c3ccccc3F)CC2)c1. The van der Waals surface area contributed by atoms with Crippen LogP contribution in [0.15, 0.2) is 54.6 Å². The lowest BCUT2D eigenvalue weighted by atomic mass is 10.1. The Bertz CT molecular complexity index is 858. The first kappa shape index (κ1) is 18.6. The number of amides is 2. The van der Waals surface area contributed by atoms with Gasteiger partial charge in [0.15, 0.2) is 0 Å². The topological polar surface area (TPSA) is 49.9 Å². The molecular weight excluding hydrogens is 347 g/mol. The minimum atomic E-state index is -0.526. The van der Waals surface area contributed by atoms with Crippen LogP contribution < -0.4 is 4.74 Å². The summed E-state index contributed by atoms with van der Waals surface area (Å²) in [6, 6.07) is 13.4. The third kappa shape index (κ3) is 4.53. The summed E-state index contributed by atoms with van der Waals surface area (Å²) in [6.45, 7) is 1.60. The van der Waals surface area contributed by atoms with Crippen molar-refractivity contribution in [2.75, 3.05) is 33.3 Å². The molecule has 1 fully saturated rings. The van der Waals surface area contributed by atoms with E-state index in [-0.39, 0.29) is 17.4 Å². The zero-order chi connectivity index (χ0) is 19.2. The van der Waals surface area contributed by atoms with Crippen molar-refractivity contribution in [2.24, 2.45) is 0 Å². The first-order chi connectivity index (χ1) is 13.1. The van der Waals surface area contributed by atoms with Crippen LogP contribution in [0.4, 0.5) is 4.39 Å². The average molecular weight is 368 g/mol. The van der Waals surface area contributed by atoms with Crippen molar-refractivity contribution in [1.29, 1.82) is 0 Å². The largest absolute Gasteiger partial charge is 0.497 e. The van der Waals surface area contributed by atoms with Gasteiger partial charge in [-0.2, -0.15) is 0 Å². The lowest BCUT2D eigenvalue weighted by Crippen LogP contribution is -2.50. The molecule has 2 amide bonds. The van der Waals surface area contributed by atoms with Crippen LogP contribution in [0.5, 0.6) is 5.75 Å². The quantitative estimate of drug-likeness (QED) is 0.780. The van der Waals surface area contributed by atoms with E-state index in [2.05, 4.69) is 0 Å². The minimum Gasteiger partial charge on any atom is -0.497 e. The highest BCUT2D eigenvalue weighted by atomic mass is 19.1. The molecule has 27 heavy (non-hydrogen) atoms. The molecule has 2 aromatic carbocycles. The van der Waals surface area contributed by atoms with Crippen LogP contribution >= 0.6 is 0 Å². The number of benzene rings is 2. The Hall–Kier alpha value is -3.15. The zero-order valence-electron chi connectivity index (χ0n) is 15.1. The summed E-state index contributed by atoms with van der Waals surface area (Å²) in [5.74, 6) is -0.255. The van der Waals surface area contributed by atoms with Gasteiger partial charge in [-0.05, 0) is 35.9 Å². The van der Waals surface area contributed by atoms with E-state index in [1.54, 1.807) is 35.1 Å². The summed E-state index contributed by atoms with van der Waals surface area (Å²) in [4.78, 5) is 28.1. The van der Waals surface area contributed by atoms with Crippen molar-refractivity contribution in [3.63, 3.8) is 0 Å². The van der Waals surface area contributed by atoms with Crippen LogP contribution in [0.25, 0.3) is 6.08 Å². The molecule has 0 radical (unpaired) electrons. The molecule has 2 aromatic rings. The number of ether oxygens (including phenoxy) is 1. The summed E-state index contributed by atoms with van der Waals surface area (Å²) < 4.78 is 18.9. The molecule has 0 spiro atoms. The average Bonchev–Trinajstić information content (AvgIpc) is 2.72. The summed E-state index contributed by atoms with van der Waals surface area (Å²) in [6.07, 6.45) is 3.25. The fourth-order valence-electron chi connectivity index (χ4n) is 2.95. The number of methoxy groups -OCH3 is 1. The van der Waals surface area contributed by atoms with Gasteiger partial charge in [-0.1, -0.05) is 24.3 Å². The van der Waals surface area contributed by atoms with Gasteiger partial charge in [-0.3, -0.25) is 9.59 Å². The molecule has 0 aliphatic carbocycles. The normalized spacial score (nSPS) is 14.4. The number of carbonyl (C=O) groups is 2. The molecule has 0 saturated carbocycles. The number of rotatable bonds is 4. The molecule has 0 N–H and O–H groups in total. The molecule has 5 nitrogen and oxygen atoms in total. The van der Waals surface area contributed by atoms with E-state index in [0.29, 0.717) is 26.2 Å². The molecule has 6 heteroatoms. The van der Waals surface area contributed by atoms with Gasteiger partial charge in [0.2, 0.25) is 5.91 Å². The second-order valence-corrected chi connectivity index (χ2v) is 6.21. The number of hydrogen-bond donors (Lipinski definition) is 0. The van der Waals surface area contributed by atoms with Crippen LogP contribution in [0.3, 0.4) is 0 Å². The molecular formula is C21H21FN2O3. The van der Waals surface area contributed by atoms with Gasteiger partial charge in [0.1, 0.15) is 11.6 Å². The van der Waals surface area contributed by atoms with Gasteiger partial charge < -0.3 is 14.5 Å². The molecule has 1 aliphatic rings. The summed E-state index contributed by atoms with van der Waals surface area (Å²) >= 11 is 0. The van der Waals surface area contributed by atoms with E-state index in [0.717, 1.165) is 11.3 Å². The first-order valence-corrected chi connectivity index (χ1v) is 8.73. The Kier molecular flexibility index (Phi) is 5.86. The maximum absolute atomic E-state index is 13.8. The third-order valence-corrected chi connectivity index (χ3v) is 4.49. The lowest BCUT2D eigenvalue weighted by Gasteiger charge is -2.34. The van der Waals surface area contributed by atoms with Crippen molar-refractivity contribution in [2.45, 2.75) is 0 Å². The van der Waals surface area contributed by atoms with E-state index in [4.69, 9.17) is 4.74 Å². The smallest absolute Gasteiger partial charge is 0.256 e. The van der Waals surface area contributed by atoms with Crippen LogP contribution in [0.1, 0.15) is 15.9 Å². The Balaban J connectivity index is 1.57. The summed E-state index contributed by atoms with van der Waals surface area (Å²) in [5, 5.41) is 0. The van der Waals surface area contributed by atoms with Crippen LogP contribution in [-0.2, 0) is 4.79 Å². The van der Waals surface area contributed by atoms with E-state index in [9.17, 15) is 14.0 Å². The summed E-state index contributed by atoms with van der Waals surface area (Å²) in [5.41, 5.74) is 0.936. The van der Waals surface area contributed by atoms with Crippen LogP contribution in [0.2, 0.25) is 0 Å². The number of nitrogens with zero attached hydrogens (tertiary/aromatic N) is 2. The molecule has 1 aliphatic heterocycles. The highest BCUT2D eigenvalue weighted by molar-refractivity contribution is 5.95. The Morgan fingerprint density at radius 1 is 1.00 bits per heavy atom. The number of carbonyl (C=O) groups excluding carboxylic acids is 2. The number of hydrogen-bond acceptors (Lipinski definition) is 3. The minimum absolute atomic E-state index is 0.0650. The van der Waals surface area contributed by atoms with E-state index < -0.39 is 5.82 Å². The molecule has 0 aromatic heterocycles. The Morgan fingerprint density at radius 2 is 1.70 bits per heavy atom. The molecule has 0 unspecified atom stereocenters. The molecule has 0 atom stereocenters. The molecule has 3 rings (SSSR count). The van der Waals surface area contributed by atoms with Crippen molar-refractivity contribution >= 4 is 17.9 Å². The van der Waals surface area contributed by atoms with Gasteiger partial charge in [0.25, 0.3) is 5.91 Å². The maximum Gasteiger partial charge on any atom is 0.256 e. The Morgan fingerprint density at radius 3 is 2.41 bits per heavy atom. The maximum atomic E-state index is 13.8. The molecule has 1 saturated heterocycles. The third-order valence-electron chi connectivity index (χ3n) is 4.49. The van der Waals surface area contributed by atoms with E-state index in [1.165, 1.54) is 18.2 Å². The second-order valence-electron chi connectivity index (χ2n) is 6.21. The predicted octanol–water partition coefficient (Wildman–Crippen LogP) is 2.83. The van der Waals surface area contributed by atoms with Crippen LogP contribution in [0, 0.1) is 5.82 Å². The van der Waals surface area contributed by atoms with Crippen molar-refractivity contribution < 1.29 is 18.7 Å². The van der Waals surface area contributed by atoms with Crippen molar-refractivity contribution in [3.05, 3.63) is 71.6 Å². The standard InChI is InChI=1S/C21H21FN2O3/c1-27-17-6-4-5-16(15-17)9-10-20(25)23-11-13-24(14-12-23)21(26)18-7-2-3-8-19(18)22/h2-10,15H,11-14H2,1H3/b10-9+. The van der Waals surface area contributed by atoms with Gasteiger partial charge in [-0.15, -0.1) is 0 Å². The summed E-state index contributed by atoms with van der Waals surface area (Å²) in [7, 11) is 1.59. The zero-order valence-corrected chi connectivity index (χ0v) is 15.1. The first-order valence-electron chi connectivity index (χ1n) is 8.73. The number of piperazine rings is 1. The van der Waals surface area contributed by atoms with Gasteiger partial charge in [-0.25, -0.2) is 4.39 Å². The highest BCUT2D eigenvalue weighted by Gasteiger charge is 2.25. The predicted molar refractivity (Wildman–Crippen MR) is 101 cm³/mol. The molecule has 1 heterocycles. The lowest BCUT2D eigenvalue weighted by molar-refractivity contribution is -0.127. The molecule has 140 valence electrons. The fourth-order valence-corrected chi connectivity index (χ4v) is 2.95. The van der Waals surface area contributed by atoms with E-state index in [1.807, 2.05) is 24.3 Å². The van der Waals surface area contributed by atoms with Gasteiger partial charge in [0, 0.05) is 32.3 Å². The number of halogens is 1. The highest BCUT2D eigenvalue weighted by Crippen LogP contribution is 2.15. The van der Waals surface area contributed by atoms with E-state index >= 15 is 0 Å². The van der Waals surface area contributed by atoms with Crippen molar-refractivity contribution in [1.82, 2.24) is 9.80 Å². The monoisotopic (exact) mass is 368 g/mol. The van der Waals surface area contributed by atoms with Gasteiger partial charge in [0.05, 0.1) is 12.7 Å². The molecule has 0 bridgehead atoms. The van der Waals surface area contributed by atoms with Gasteiger partial charge >= 0.3 is 0 Å². The van der Waals surface area contributed by atoms with Crippen molar-refractivity contribution in [3.8, 4) is 5.75 Å². The fraction of sp³-hybridized carbons (Fsp3) is 0.238. The van der Waals surface area contributed by atoms with Crippen LogP contribution in [-0.4, -0.2) is 54.9 Å². The Labute approximate surface area is 157 Å². The second kappa shape index (κ2) is 8.49.